The molecule has 0 fully saturated rings. The quantitative estimate of drug-likeness (QED) is 0.524. The number of nitro groups is 1. The summed E-state index contributed by atoms with van der Waals surface area (Å²) < 4.78 is 38.6. The Morgan fingerprint density at radius 1 is 1.33 bits per heavy atom. The van der Waals surface area contributed by atoms with E-state index in [4.69, 9.17) is 0 Å². The molecule has 5 nitrogen and oxygen atoms in total. The minimum absolute atomic E-state index is 0.346. The van der Waals surface area contributed by atoms with Gasteiger partial charge in [0, 0.05) is 17.0 Å². The molecule has 0 aliphatic heterocycles. The first kappa shape index (κ1) is 15.0. The number of benzene rings is 1. The predicted octanol–water partition coefficient (Wildman–Crippen LogP) is 4.12. The third-order valence-electron chi connectivity index (χ3n) is 2.44. The number of thiophene rings is 1. The Kier molecular flexibility index (Phi) is 4.22. The summed E-state index contributed by atoms with van der Waals surface area (Å²) in [6.45, 7) is 0. The van der Waals surface area contributed by atoms with Crippen LogP contribution in [0.15, 0.2) is 40.8 Å². The summed E-state index contributed by atoms with van der Waals surface area (Å²) in [6.07, 6.45) is -3.35. The second kappa shape index (κ2) is 5.92. The van der Waals surface area contributed by atoms with Crippen molar-refractivity contribution in [1.82, 2.24) is 0 Å². The van der Waals surface area contributed by atoms with Gasteiger partial charge >= 0.3 is 6.18 Å². The van der Waals surface area contributed by atoms with Crippen molar-refractivity contribution in [2.45, 2.75) is 6.18 Å². The van der Waals surface area contributed by atoms with Crippen LogP contribution in [0.5, 0.6) is 0 Å². The average Bonchev–Trinajstić information content (AvgIpc) is 2.90. The van der Waals surface area contributed by atoms with E-state index in [9.17, 15) is 23.3 Å². The fourth-order valence-corrected chi connectivity index (χ4v) is 2.09. The molecule has 0 aliphatic rings. The molecule has 1 aromatic heterocycles. The maximum Gasteiger partial charge on any atom is 0.418 e. The Balaban J connectivity index is 2.28. The minimum Gasteiger partial charge on any atom is -0.278 e. The second-order valence-electron chi connectivity index (χ2n) is 3.87. The number of halogens is 3. The molecule has 0 unspecified atom stereocenters. The van der Waals surface area contributed by atoms with Crippen LogP contribution in [0.4, 0.5) is 24.5 Å². The van der Waals surface area contributed by atoms with E-state index in [2.05, 4.69) is 10.5 Å². The monoisotopic (exact) mass is 315 g/mol. The summed E-state index contributed by atoms with van der Waals surface area (Å²) >= 11 is 1.37. The average molecular weight is 315 g/mol. The van der Waals surface area contributed by atoms with Crippen LogP contribution < -0.4 is 5.43 Å². The van der Waals surface area contributed by atoms with Crippen LogP contribution in [-0.2, 0) is 6.18 Å². The number of nitrogens with one attached hydrogen (secondary N) is 1. The van der Waals surface area contributed by atoms with Crippen LogP contribution in [0.25, 0.3) is 0 Å². The van der Waals surface area contributed by atoms with Crippen LogP contribution in [0.3, 0.4) is 0 Å². The van der Waals surface area contributed by atoms with Gasteiger partial charge in [-0.25, -0.2) is 0 Å². The number of nitrogens with zero attached hydrogens (tertiary/aromatic N) is 2. The third kappa shape index (κ3) is 3.78. The van der Waals surface area contributed by atoms with Gasteiger partial charge in [-0.1, -0.05) is 6.07 Å². The van der Waals surface area contributed by atoms with E-state index < -0.39 is 22.4 Å². The van der Waals surface area contributed by atoms with Gasteiger partial charge < -0.3 is 0 Å². The smallest absolute Gasteiger partial charge is 0.278 e. The molecule has 1 aromatic carbocycles. The van der Waals surface area contributed by atoms with E-state index in [-0.39, 0.29) is 5.69 Å². The highest BCUT2D eigenvalue weighted by molar-refractivity contribution is 7.11. The van der Waals surface area contributed by atoms with Crippen molar-refractivity contribution in [3.8, 4) is 0 Å². The van der Waals surface area contributed by atoms with E-state index in [1.165, 1.54) is 17.6 Å². The van der Waals surface area contributed by atoms with E-state index in [1.54, 1.807) is 17.5 Å². The molecule has 0 spiro atoms. The van der Waals surface area contributed by atoms with Crippen LogP contribution in [0.2, 0.25) is 0 Å². The van der Waals surface area contributed by atoms with Crippen LogP contribution in [0.1, 0.15) is 10.4 Å². The Morgan fingerprint density at radius 2 is 2.10 bits per heavy atom. The summed E-state index contributed by atoms with van der Waals surface area (Å²) in [4.78, 5) is 10.4. The summed E-state index contributed by atoms with van der Waals surface area (Å²) in [5.41, 5.74) is 0.143. The number of non-ortho nitro benzene ring substituents is 1. The Hall–Kier alpha value is -2.42. The normalized spacial score (nSPS) is 11.8. The number of rotatable bonds is 4. The molecule has 1 heterocycles. The molecule has 1 N–H and O–H groups in total. The number of anilines is 1. The Labute approximate surface area is 120 Å². The molecule has 0 amide bonds. The lowest BCUT2D eigenvalue weighted by Gasteiger charge is -2.11. The van der Waals surface area contributed by atoms with Gasteiger partial charge in [-0.05, 0) is 17.5 Å². The Bertz CT molecular complexity index is 669. The minimum atomic E-state index is -4.72. The van der Waals surface area contributed by atoms with Gasteiger partial charge in [0.05, 0.1) is 22.4 Å². The third-order valence-corrected chi connectivity index (χ3v) is 3.25. The van der Waals surface area contributed by atoms with Crippen molar-refractivity contribution in [3.63, 3.8) is 0 Å². The Morgan fingerprint density at radius 3 is 2.67 bits per heavy atom. The van der Waals surface area contributed by atoms with Gasteiger partial charge in [0.15, 0.2) is 0 Å². The molecule has 0 aliphatic carbocycles. The highest BCUT2D eigenvalue weighted by Crippen LogP contribution is 2.37. The molecule has 2 rings (SSSR count). The van der Waals surface area contributed by atoms with E-state index >= 15 is 0 Å². The predicted molar refractivity (Wildman–Crippen MR) is 73.6 cm³/mol. The number of alkyl halides is 3. The molecule has 0 atom stereocenters. The van der Waals surface area contributed by atoms with Gasteiger partial charge in [0.25, 0.3) is 5.69 Å². The van der Waals surface area contributed by atoms with E-state index in [0.717, 1.165) is 17.0 Å². The molecule has 0 radical (unpaired) electrons. The SMILES string of the molecule is O=[N+]([O-])c1ccc(NN=Cc2cccs2)c(C(F)(F)F)c1. The second-order valence-corrected chi connectivity index (χ2v) is 4.85. The molecule has 0 saturated carbocycles. The van der Waals surface area contributed by atoms with Gasteiger partial charge in [0.2, 0.25) is 0 Å². The highest BCUT2D eigenvalue weighted by atomic mass is 32.1. The maximum atomic E-state index is 12.9. The summed E-state index contributed by atoms with van der Waals surface area (Å²) in [6, 6.07) is 5.96. The number of hydrogen-bond acceptors (Lipinski definition) is 5. The lowest BCUT2D eigenvalue weighted by atomic mass is 10.1. The van der Waals surface area contributed by atoms with Crippen LogP contribution in [0, 0.1) is 10.1 Å². The molecule has 0 saturated heterocycles. The van der Waals surface area contributed by atoms with Gasteiger partial charge in [-0.2, -0.15) is 18.3 Å². The molecular formula is C12H8F3N3O2S. The van der Waals surface area contributed by atoms with Crippen molar-refractivity contribution in [2.75, 3.05) is 5.43 Å². The highest BCUT2D eigenvalue weighted by Gasteiger charge is 2.35. The van der Waals surface area contributed by atoms with E-state index in [1.807, 2.05) is 0 Å². The largest absolute Gasteiger partial charge is 0.418 e. The number of hydrazone groups is 1. The first-order chi connectivity index (χ1) is 9.88. The topological polar surface area (TPSA) is 67.5 Å². The van der Waals surface area contributed by atoms with Crippen LogP contribution >= 0.6 is 11.3 Å². The zero-order valence-corrected chi connectivity index (χ0v) is 11.1. The van der Waals surface area contributed by atoms with Crippen LogP contribution in [-0.4, -0.2) is 11.1 Å². The molecule has 2 aromatic rings. The zero-order chi connectivity index (χ0) is 15.5. The number of hydrogen-bond donors (Lipinski definition) is 1. The molecule has 0 bridgehead atoms. The van der Waals surface area contributed by atoms with Gasteiger partial charge in [-0.15, -0.1) is 11.3 Å². The van der Waals surface area contributed by atoms with E-state index in [0.29, 0.717) is 6.07 Å². The zero-order valence-electron chi connectivity index (χ0n) is 10.3. The summed E-state index contributed by atoms with van der Waals surface area (Å²) in [5.74, 6) is 0. The van der Waals surface area contributed by atoms with Crippen molar-refractivity contribution in [3.05, 3.63) is 56.3 Å². The number of nitro benzene ring substituents is 1. The van der Waals surface area contributed by atoms with Crippen molar-refractivity contribution in [2.24, 2.45) is 5.10 Å². The summed E-state index contributed by atoms with van der Waals surface area (Å²) in [5, 5.41) is 16.0. The first-order valence-corrected chi connectivity index (χ1v) is 6.44. The van der Waals surface area contributed by atoms with Crippen molar-refractivity contribution >= 4 is 28.9 Å². The molecule has 9 heteroatoms. The molecule has 21 heavy (non-hydrogen) atoms. The standard InChI is InChI=1S/C12H8F3N3O2S/c13-12(14,15)10-6-8(18(19)20)3-4-11(10)17-16-7-9-2-1-5-21-9/h1-7,17H. The lowest BCUT2D eigenvalue weighted by molar-refractivity contribution is -0.385. The molecule has 110 valence electrons. The van der Waals surface area contributed by atoms with Crippen molar-refractivity contribution < 1.29 is 18.1 Å². The fourth-order valence-electron chi connectivity index (χ4n) is 1.51. The summed E-state index contributed by atoms with van der Waals surface area (Å²) in [7, 11) is 0. The fraction of sp³-hybridized carbons (Fsp3) is 0.0833. The van der Waals surface area contributed by atoms with Gasteiger partial charge in [0.1, 0.15) is 0 Å². The maximum absolute atomic E-state index is 12.9. The van der Waals surface area contributed by atoms with Crippen molar-refractivity contribution in [1.29, 1.82) is 0 Å². The molecular weight excluding hydrogens is 307 g/mol. The van der Waals surface area contributed by atoms with Gasteiger partial charge in [-0.3, -0.25) is 15.5 Å². The first-order valence-electron chi connectivity index (χ1n) is 5.56. The lowest BCUT2D eigenvalue weighted by Crippen LogP contribution is -2.09.